The normalized spacial score (nSPS) is 12.0. The number of esters is 2. The van der Waals surface area contributed by atoms with Crippen molar-refractivity contribution in [1.82, 2.24) is 5.32 Å². The fourth-order valence-electron chi connectivity index (χ4n) is 2.72. The fraction of sp³-hybridized carbons (Fsp3) is 0.292. The number of carbonyl (C=O) groups excluding carboxylic acids is 5. The molecular formula is C24H28N4O7S2. The van der Waals surface area contributed by atoms with Crippen LogP contribution in [0, 0.1) is 0 Å². The van der Waals surface area contributed by atoms with Gasteiger partial charge in [0.15, 0.2) is 0 Å². The Kier molecular flexibility index (Phi) is 11.9. The van der Waals surface area contributed by atoms with Gasteiger partial charge in [0.05, 0.1) is 0 Å². The standard InChI is InChI=1S/C24H28N4O7S2/c1-14(29)26-17-4-8-19(9-5-17)34-23(32)21(25)12-36-37-13-22(28-16(3)31)24(33)35-20-10-6-18(7-11-20)27-15(2)30/h4-11,21-22H,12-13,25H2,1-3H3,(H,26,29)(H,27,30)(H,28,31). The molecule has 2 rings (SSSR count). The molecule has 0 saturated heterocycles. The summed E-state index contributed by atoms with van der Waals surface area (Å²) in [5, 5.41) is 7.76. The number of amides is 3. The van der Waals surface area contributed by atoms with Crippen molar-refractivity contribution in [2.45, 2.75) is 32.9 Å². The summed E-state index contributed by atoms with van der Waals surface area (Å²) in [6.07, 6.45) is 0. The molecular weight excluding hydrogens is 520 g/mol. The molecule has 37 heavy (non-hydrogen) atoms. The molecule has 0 spiro atoms. The van der Waals surface area contributed by atoms with Crippen molar-refractivity contribution in [2.75, 3.05) is 22.1 Å². The van der Waals surface area contributed by atoms with Crippen LogP contribution in [0.25, 0.3) is 0 Å². The third kappa shape index (κ3) is 11.4. The number of benzene rings is 2. The maximum absolute atomic E-state index is 12.6. The summed E-state index contributed by atoms with van der Waals surface area (Å²) in [7, 11) is 2.48. The minimum Gasteiger partial charge on any atom is -0.425 e. The molecule has 2 unspecified atom stereocenters. The maximum atomic E-state index is 12.6. The molecule has 3 amide bonds. The number of carbonyl (C=O) groups is 5. The van der Waals surface area contributed by atoms with Crippen molar-refractivity contribution in [1.29, 1.82) is 0 Å². The SMILES string of the molecule is CC(=O)Nc1ccc(OC(=O)C(N)CSSCC(NC(C)=O)C(=O)Oc2ccc(NC(C)=O)cc2)cc1. The number of hydrogen-bond donors (Lipinski definition) is 4. The van der Waals surface area contributed by atoms with Crippen molar-refractivity contribution in [3.8, 4) is 11.5 Å². The highest BCUT2D eigenvalue weighted by Crippen LogP contribution is 2.24. The molecule has 5 N–H and O–H groups in total. The van der Waals surface area contributed by atoms with Crippen molar-refractivity contribution in [3.63, 3.8) is 0 Å². The molecule has 13 heteroatoms. The van der Waals surface area contributed by atoms with E-state index in [0.29, 0.717) is 11.4 Å². The van der Waals surface area contributed by atoms with E-state index in [1.165, 1.54) is 66.6 Å². The van der Waals surface area contributed by atoms with Crippen LogP contribution in [0.15, 0.2) is 48.5 Å². The highest BCUT2D eigenvalue weighted by atomic mass is 33.1. The monoisotopic (exact) mass is 548 g/mol. The largest absolute Gasteiger partial charge is 0.425 e. The van der Waals surface area contributed by atoms with Crippen LogP contribution >= 0.6 is 21.6 Å². The molecule has 2 aromatic carbocycles. The lowest BCUT2D eigenvalue weighted by Gasteiger charge is -2.17. The van der Waals surface area contributed by atoms with Crippen LogP contribution in [0.3, 0.4) is 0 Å². The summed E-state index contributed by atoms with van der Waals surface area (Å²) in [6, 6.07) is 10.6. The second-order valence-corrected chi connectivity index (χ2v) is 10.2. The minimum absolute atomic E-state index is 0.166. The Morgan fingerprint density at radius 1 is 0.703 bits per heavy atom. The molecule has 0 aromatic heterocycles. The lowest BCUT2D eigenvalue weighted by atomic mass is 10.3. The van der Waals surface area contributed by atoms with Crippen molar-refractivity contribution in [2.24, 2.45) is 5.73 Å². The first-order chi connectivity index (χ1) is 17.5. The van der Waals surface area contributed by atoms with E-state index < -0.39 is 29.9 Å². The van der Waals surface area contributed by atoms with E-state index in [2.05, 4.69) is 16.0 Å². The van der Waals surface area contributed by atoms with Gasteiger partial charge in [-0.2, -0.15) is 0 Å². The summed E-state index contributed by atoms with van der Waals surface area (Å²) in [5.41, 5.74) is 7.03. The average Bonchev–Trinajstić information content (AvgIpc) is 2.82. The molecule has 0 aliphatic carbocycles. The highest BCUT2D eigenvalue weighted by Gasteiger charge is 2.23. The summed E-state index contributed by atoms with van der Waals surface area (Å²) in [5.74, 6) is -1.25. The van der Waals surface area contributed by atoms with Gasteiger partial charge < -0.3 is 31.2 Å². The van der Waals surface area contributed by atoms with Gasteiger partial charge in [-0.25, -0.2) is 9.59 Å². The first kappa shape index (κ1) is 29.7. The van der Waals surface area contributed by atoms with Gasteiger partial charge in [0, 0.05) is 43.7 Å². The van der Waals surface area contributed by atoms with E-state index in [0.717, 1.165) is 0 Å². The Bertz CT molecular complexity index is 1110. The van der Waals surface area contributed by atoms with Crippen molar-refractivity contribution >= 4 is 62.6 Å². The number of hydrogen-bond acceptors (Lipinski definition) is 10. The van der Waals surface area contributed by atoms with Crippen LogP contribution in [0.1, 0.15) is 20.8 Å². The number of rotatable bonds is 12. The van der Waals surface area contributed by atoms with E-state index in [1.807, 2.05) is 0 Å². The van der Waals surface area contributed by atoms with Crippen LogP contribution in [-0.4, -0.2) is 53.2 Å². The zero-order valence-electron chi connectivity index (χ0n) is 20.4. The molecule has 198 valence electrons. The lowest BCUT2D eigenvalue weighted by Crippen LogP contribution is -2.43. The molecule has 2 atom stereocenters. The molecule has 0 aliphatic rings. The Balaban J connectivity index is 1.81. The van der Waals surface area contributed by atoms with Gasteiger partial charge >= 0.3 is 11.9 Å². The number of nitrogens with one attached hydrogen (secondary N) is 3. The zero-order chi connectivity index (χ0) is 27.4. The zero-order valence-corrected chi connectivity index (χ0v) is 22.1. The van der Waals surface area contributed by atoms with E-state index in [9.17, 15) is 24.0 Å². The quantitative estimate of drug-likeness (QED) is 0.134. The Labute approximate surface area is 222 Å². The third-order valence-corrected chi connectivity index (χ3v) is 6.76. The first-order valence-electron chi connectivity index (χ1n) is 11.0. The molecule has 2 aromatic rings. The van der Waals surface area contributed by atoms with Gasteiger partial charge in [-0.15, -0.1) is 0 Å². The average molecular weight is 549 g/mol. The van der Waals surface area contributed by atoms with Crippen LogP contribution < -0.4 is 31.2 Å². The van der Waals surface area contributed by atoms with Crippen molar-refractivity contribution in [3.05, 3.63) is 48.5 Å². The molecule has 0 fully saturated rings. The summed E-state index contributed by atoms with van der Waals surface area (Å²) in [6.45, 7) is 4.06. The van der Waals surface area contributed by atoms with Crippen molar-refractivity contribution < 1.29 is 33.4 Å². The minimum atomic E-state index is -0.935. The number of ether oxygens (including phenoxy) is 2. The van der Waals surface area contributed by atoms with Gasteiger partial charge in [0.2, 0.25) is 17.7 Å². The van der Waals surface area contributed by atoms with Gasteiger partial charge in [-0.05, 0) is 48.5 Å². The molecule has 11 nitrogen and oxygen atoms in total. The number of nitrogens with two attached hydrogens (primary N) is 1. The van der Waals surface area contributed by atoms with E-state index in [1.54, 1.807) is 24.3 Å². The summed E-state index contributed by atoms with van der Waals surface area (Å²) < 4.78 is 10.6. The smallest absolute Gasteiger partial charge is 0.334 e. The highest BCUT2D eigenvalue weighted by molar-refractivity contribution is 8.76. The Morgan fingerprint density at radius 3 is 1.57 bits per heavy atom. The first-order valence-corrected chi connectivity index (χ1v) is 13.5. The molecule has 0 radical (unpaired) electrons. The van der Waals surface area contributed by atoms with Crippen LogP contribution in [0.2, 0.25) is 0 Å². The lowest BCUT2D eigenvalue weighted by molar-refractivity contribution is -0.138. The summed E-state index contributed by atoms with van der Waals surface area (Å²) in [4.78, 5) is 58.6. The molecule has 0 aliphatic heterocycles. The predicted octanol–water partition coefficient (Wildman–Crippen LogP) is 2.33. The van der Waals surface area contributed by atoms with Crippen LogP contribution in [-0.2, 0) is 24.0 Å². The van der Waals surface area contributed by atoms with E-state index in [-0.39, 0.29) is 34.8 Å². The second-order valence-electron chi connectivity index (χ2n) is 7.68. The topological polar surface area (TPSA) is 166 Å². The summed E-state index contributed by atoms with van der Waals surface area (Å²) >= 11 is 0. The van der Waals surface area contributed by atoms with Gasteiger partial charge in [0.1, 0.15) is 23.6 Å². The van der Waals surface area contributed by atoms with E-state index >= 15 is 0 Å². The molecule has 0 heterocycles. The third-order valence-electron chi connectivity index (χ3n) is 4.32. The number of anilines is 2. The fourth-order valence-corrected chi connectivity index (χ4v) is 4.97. The molecule has 0 saturated carbocycles. The Hall–Kier alpha value is -3.55. The predicted molar refractivity (Wildman–Crippen MR) is 143 cm³/mol. The van der Waals surface area contributed by atoms with Crippen LogP contribution in [0.5, 0.6) is 11.5 Å². The Morgan fingerprint density at radius 2 is 1.14 bits per heavy atom. The maximum Gasteiger partial charge on any atom is 0.334 e. The van der Waals surface area contributed by atoms with Gasteiger partial charge in [0.25, 0.3) is 0 Å². The molecule has 0 bridgehead atoms. The van der Waals surface area contributed by atoms with Gasteiger partial charge in [-0.1, -0.05) is 21.6 Å². The van der Waals surface area contributed by atoms with Crippen LogP contribution in [0.4, 0.5) is 11.4 Å². The van der Waals surface area contributed by atoms with E-state index in [4.69, 9.17) is 15.2 Å². The van der Waals surface area contributed by atoms with Gasteiger partial charge in [-0.3, -0.25) is 14.4 Å². The second kappa shape index (κ2) is 14.9.